The Morgan fingerprint density at radius 3 is 2.27 bits per heavy atom. The fourth-order valence-corrected chi connectivity index (χ4v) is 3.19. The highest BCUT2D eigenvalue weighted by molar-refractivity contribution is 6.62. The molecule has 164 valence electrons. The van der Waals surface area contributed by atoms with Crippen molar-refractivity contribution in [2.75, 3.05) is 13.7 Å². The van der Waals surface area contributed by atoms with E-state index < -0.39 is 42.1 Å². The summed E-state index contributed by atoms with van der Waals surface area (Å²) in [6.07, 6.45) is -6.15. The summed E-state index contributed by atoms with van der Waals surface area (Å²) < 4.78 is 68.0. The Kier molecular flexibility index (Phi) is 5.62. The fourth-order valence-electron chi connectivity index (χ4n) is 3.19. The van der Waals surface area contributed by atoms with Crippen LogP contribution in [0.2, 0.25) is 0 Å². The van der Waals surface area contributed by atoms with Gasteiger partial charge in [0.25, 0.3) is 0 Å². The monoisotopic (exact) mass is 428 g/mol. The van der Waals surface area contributed by atoms with Crippen LogP contribution in [0.5, 0.6) is 11.5 Å². The van der Waals surface area contributed by atoms with Crippen LogP contribution in [-0.4, -0.2) is 50.3 Å². The predicted octanol–water partition coefficient (Wildman–Crippen LogP) is 3.26. The molecule has 10 heteroatoms. The van der Waals surface area contributed by atoms with Crippen molar-refractivity contribution in [3.63, 3.8) is 0 Å². The van der Waals surface area contributed by atoms with Crippen LogP contribution in [0.4, 0.5) is 13.2 Å². The molecule has 2 heterocycles. The van der Waals surface area contributed by atoms with E-state index in [9.17, 15) is 18.0 Å². The Labute approximate surface area is 173 Å². The molecule has 3 rings (SSSR count). The van der Waals surface area contributed by atoms with Crippen LogP contribution in [-0.2, 0) is 18.8 Å². The van der Waals surface area contributed by atoms with E-state index in [0.29, 0.717) is 5.46 Å². The van der Waals surface area contributed by atoms with Crippen LogP contribution in [0.3, 0.4) is 0 Å². The summed E-state index contributed by atoms with van der Waals surface area (Å²) in [6.45, 7) is 9.00. The van der Waals surface area contributed by atoms with E-state index in [1.54, 1.807) is 6.07 Å². The molecule has 1 atom stereocenters. The lowest BCUT2D eigenvalue weighted by Gasteiger charge is -2.32. The molecule has 0 aliphatic carbocycles. The summed E-state index contributed by atoms with van der Waals surface area (Å²) in [4.78, 5) is 12.2. The topological polar surface area (TPSA) is 63.2 Å². The minimum atomic E-state index is -4.81. The summed E-state index contributed by atoms with van der Waals surface area (Å²) in [6, 6.07) is 3.07. The number of ether oxygens (including phenoxy) is 3. The van der Waals surface area contributed by atoms with E-state index in [1.165, 1.54) is 20.1 Å². The minimum Gasteiger partial charge on any atom is -0.493 e. The molecule has 1 aromatic carbocycles. The largest absolute Gasteiger partial charge is 0.494 e. The van der Waals surface area contributed by atoms with Crippen LogP contribution in [0.25, 0.3) is 6.08 Å². The first-order valence-corrected chi connectivity index (χ1v) is 9.50. The molecule has 1 unspecified atom stereocenters. The summed E-state index contributed by atoms with van der Waals surface area (Å²) in [7, 11) is 0.550. The number of benzene rings is 1. The standard InChI is InChI=1S/C20H24BF3O6/c1-7-27-17(25)13-9-11-8-12(21-29-18(2,3)19(4,5)30-21)10-14(26-6)15(11)28-16(13)20(22,23)24/h8-10,16H,7H2,1-6H3. The van der Waals surface area contributed by atoms with Crippen molar-refractivity contribution in [3.8, 4) is 11.5 Å². The number of hydrogen-bond donors (Lipinski definition) is 0. The number of fused-ring (bicyclic) bond motifs is 1. The molecule has 1 aromatic rings. The second kappa shape index (κ2) is 7.49. The van der Waals surface area contributed by atoms with Gasteiger partial charge in [-0.25, -0.2) is 4.79 Å². The molecule has 6 nitrogen and oxygen atoms in total. The SMILES string of the molecule is CCOC(=O)C1=Cc2cc(B3OC(C)(C)C(C)(C)O3)cc(OC)c2OC1C(F)(F)F. The zero-order valence-corrected chi connectivity index (χ0v) is 17.7. The summed E-state index contributed by atoms with van der Waals surface area (Å²) >= 11 is 0. The molecule has 1 saturated heterocycles. The van der Waals surface area contributed by atoms with Crippen molar-refractivity contribution in [1.82, 2.24) is 0 Å². The number of rotatable bonds is 4. The molecular weight excluding hydrogens is 404 g/mol. The lowest BCUT2D eigenvalue weighted by atomic mass is 9.77. The Balaban J connectivity index is 2.09. The highest BCUT2D eigenvalue weighted by atomic mass is 19.4. The van der Waals surface area contributed by atoms with Gasteiger partial charge in [-0.3, -0.25) is 0 Å². The Bertz CT molecular complexity index is 862. The summed E-state index contributed by atoms with van der Waals surface area (Å²) in [5, 5.41) is 0. The number of methoxy groups -OCH3 is 1. The van der Waals surface area contributed by atoms with Crippen LogP contribution < -0.4 is 14.9 Å². The van der Waals surface area contributed by atoms with Crippen LogP contribution >= 0.6 is 0 Å². The van der Waals surface area contributed by atoms with E-state index in [0.717, 1.165) is 6.08 Å². The van der Waals surface area contributed by atoms with Crippen molar-refractivity contribution >= 4 is 24.6 Å². The second-order valence-corrected chi connectivity index (χ2v) is 8.09. The van der Waals surface area contributed by atoms with E-state index in [-0.39, 0.29) is 23.7 Å². The third kappa shape index (κ3) is 3.90. The van der Waals surface area contributed by atoms with Crippen molar-refractivity contribution in [2.45, 2.75) is 58.1 Å². The summed E-state index contributed by atoms with van der Waals surface area (Å²) in [5.74, 6) is -1.13. The summed E-state index contributed by atoms with van der Waals surface area (Å²) in [5.41, 5.74) is -1.08. The maximum Gasteiger partial charge on any atom is 0.494 e. The van der Waals surface area contributed by atoms with Gasteiger partial charge in [0, 0.05) is 5.56 Å². The first-order chi connectivity index (χ1) is 13.8. The van der Waals surface area contributed by atoms with E-state index in [2.05, 4.69) is 0 Å². The van der Waals surface area contributed by atoms with Gasteiger partial charge in [-0.05, 0) is 52.2 Å². The lowest BCUT2D eigenvalue weighted by molar-refractivity contribution is -0.188. The van der Waals surface area contributed by atoms with Gasteiger partial charge in [0.15, 0.2) is 11.5 Å². The number of hydrogen-bond acceptors (Lipinski definition) is 6. The van der Waals surface area contributed by atoms with Gasteiger partial charge in [0.2, 0.25) is 6.10 Å². The van der Waals surface area contributed by atoms with Crippen molar-refractivity contribution < 1.29 is 41.5 Å². The average Bonchev–Trinajstić information content (AvgIpc) is 2.86. The minimum absolute atomic E-state index is 0.0646. The third-order valence-corrected chi connectivity index (χ3v) is 5.49. The molecule has 0 saturated carbocycles. The molecule has 0 aromatic heterocycles. The first kappa shape index (κ1) is 22.5. The maximum absolute atomic E-state index is 13.6. The molecule has 2 aliphatic rings. The van der Waals surface area contributed by atoms with Gasteiger partial charge in [0.05, 0.1) is 30.5 Å². The van der Waals surface area contributed by atoms with Crippen molar-refractivity contribution in [3.05, 3.63) is 23.3 Å². The predicted molar refractivity (Wildman–Crippen MR) is 104 cm³/mol. The Morgan fingerprint density at radius 1 is 1.17 bits per heavy atom. The molecule has 0 amide bonds. The van der Waals surface area contributed by atoms with Crippen LogP contribution in [0, 0.1) is 0 Å². The van der Waals surface area contributed by atoms with E-state index >= 15 is 0 Å². The second-order valence-electron chi connectivity index (χ2n) is 8.09. The highest BCUT2D eigenvalue weighted by Crippen LogP contribution is 2.43. The van der Waals surface area contributed by atoms with Gasteiger partial charge in [0.1, 0.15) is 0 Å². The van der Waals surface area contributed by atoms with Crippen LogP contribution in [0.15, 0.2) is 17.7 Å². The molecule has 2 aliphatic heterocycles. The average molecular weight is 428 g/mol. The fraction of sp³-hybridized carbons (Fsp3) is 0.550. The molecule has 0 radical (unpaired) electrons. The van der Waals surface area contributed by atoms with E-state index in [1.807, 2.05) is 27.7 Å². The third-order valence-electron chi connectivity index (χ3n) is 5.49. The van der Waals surface area contributed by atoms with Gasteiger partial charge in [-0.15, -0.1) is 0 Å². The molecule has 0 bridgehead atoms. The van der Waals surface area contributed by atoms with Gasteiger partial charge in [-0.1, -0.05) is 6.07 Å². The Morgan fingerprint density at radius 2 is 1.77 bits per heavy atom. The van der Waals surface area contributed by atoms with E-state index in [4.69, 9.17) is 23.5 Å². The maximum atomic E-state index is 13.6. The van der Waals surface area contributed by atoms with Crippen molar-refractivity contribution in [1.29, 1.82) is 0 Å². The molecule has 0 spiro atoms. The smallest absolute Gasteiger partial charge is 0.493 e. The van der Waals surface area contributed by atoms with Gasteiger partial charge in [-0.2, -0.15) is 13.2 Å². The lowest BCUT2D eigenvalue weighted by Crippen LogP contribution is -2.41. The molecular formula is C20H24BF3O6. The quantitative estimate of drug-likeness (QED) is 0.542. The zero-order valence-electron chi connectivity index (χ0n) is 17.7. The highest BCUT2D eigenvalue weighted by Gasteiger charge is 2.53. The van der Waals surface area contributed by atoms with Gasteiger partial charge >= 0.3 is 19.3 Å². The number of alkyl halides is 3. The first-order valence-electron chi connectivity index (χ1n) is 9.50. The normalized spacial score (nSPS) is 22.1. The molecule has 0 N–H and O–H groups in total. The molecule has 1 fully saturated rings. The van der Waals surface area contributed by atoms with Gasteiger partial charge < -0.3 is 23.5 Å². The van der Waals surface area contributed by atoms with Crippen molar-refractivity contribution in [2.24, 2.45) is 0 Å². The molecule has 30 heavy (non-hydrogen) atoms. The zero-order chi connectivity index (χ0) is 22.5. The number of esters is 1. The number of halogens is 3. The number of carbonyl (C=O) groups excluding carboxylic acids is 1. The number of carbonyl (C=O) groups is 1. The Hall–Kier alpha value is -2.20. The van der Waals surface area contributed by atoms with Crippen LogP contribution in [0.1, 0.15) is 40.2 Å².